The van der Waals surface area contributed by atoms with Gasteiger partial charge in [-0.2, -0.15) is 0 Å². The van der Waals surface area contributed by atoms with Crippen LogP contribution < -0.4 is 15.2 Å². The first-order valence-corrected chi connectivity index (χ1v) is 10.6. The smallest absolute Gasteiger partial charge is 0.353 e. The molecule has 4 aromatic rings. The molecular weight excluding hydrogens is 370 g/mol. The van der Waals surface area contributed by atoms with Gasteiger partial charge < -0.3 is 4.90 Å². The van der Waals surface area contributed by atoms with Gasteiger partial charge in [0.1, 0.15) is 11.0 Å². The summed E-state index contributed by atoms with van der Waals surface area (Å²) in [5, 5.41) is 0. The minimum Gasteiger partial charge on any atom is -0.369 e. The van der Waals surface area contributed by atoms with Crippen molar-refractivity contribution < 1.29 is 4.57 Å². The van der Waals surface area contributed by atoms with Gasteiger partial charge in [-0.1, -0.05) is 54.6 Å². The fourth-order valence-corrected chi connectivity index (χ4v) is 4.35. The average molecular weight is 399 g/mol. The molecule has 0 radical (unpaired) electrons. The summed E-state index contributed by atoms with van der Waals surface area (Å²) in [7, 11) is 0. The van der Waals surface area contributed by atoms with E-state index in [-0.39, 0.29) is 0 Å². The van der Waals surface area contributed by atoms with Crippen molar-refractivity contribution in [1.29, 1.82) is 0 Å². The molecule has 152 valence electrons. The van der Waals surface area contributed by atoms with Gasteiger partial charge >= 0.3 is 5.95 Å². The van der Waals surface area contributed by atoms with Crippen molar-refractivity contribution in [2.45, 2.75) is 13.1 Å². The van der Waals surface area contributed by atoms with Gasteiger partial charge in [0.25, 0.3) is 0 Å². The van der Waals surface area contributed by atoms with Gasteiger partial charge in [-0.15, -0.1) is 0 Å². The first-order chi connectivity index (χ1) is 14.8. The van der Waals surface area contributed by atoms with E-state index in [1.807, 2.05) is 6.07 Å². The Morgan fingerprint density at radius 3 is 2.23 bits per heavy atom. The molecule has 5 rings (SSSR count). The molecule has 1 aromatic heterocycles. The van der Waals surface area contributed by atoms with Crippen LogP contribution in [0.25, 0.3) is 11.0 Å². The van der Waals surface area contributed by atoms with Crippen LogP contribution in [0.5, 0.6) is 0 Å². The number of nitrogen functional groups attached to an aromatic ring is 1. The van der Waals surface area contributed by atoms with Crippen molar-refractivity contribution in [3.63, 3.8) is 0 Å². The number of imidazole rings is 1. The van der Waals surface area contributed by atoms with Crippen LogP contribution >= 0.6 is 0 Å². The number of rotatable bonds is 5. The maximum Gasteiger partial charge on any atom is 0.353 e. The van der Waals surface area contributed by atoms with Crippen LogP contribution in [0.2, 0.25) is 0 Å². The predicted molar refractivity (Wildman–Crippen MR) is 122 cm³/mol. The lowest BCUT2D eigenvalue weighted by Gasteiger charge is -2.36. The zero-order valence-electron chi connectivity index (χ0n) is 17.2. The van der Waals surface area contributed by atoms with E-state index < -0.39 is 0 Å². The Labute approximate surface area is 177 Å². The highest BCUT2D eigenvalue weighted by Gasteiger charge is 2.19. The van der Waals surface area contributed by atoms with E-state index in [2.05, 4.69) is 92.1 Å². The molecule has 0 spiro atoms. The number of hydrogen-bond donors (Lipinski definition) is 2. The quantitative estimate of drug-likeness (QED) is 0.507. The number of anilines is 2. The fourth-order valence-electron chi connectivity index (χ4n) is 4.35. The Bertz CT molecular complexity index is 1110. The van der Waals surface area contributed by atoms with Gasteiger partial charge in [0.15, 0.2) is 0 Å². The Morgan fingerprint density at radius 2 is 1.50 bits per heavy atom. The summed E-state index contributed by atoms with van der Waals surface area (Å²) in [4.78, 5) is 8.37. The largest absolute Gasteiger partial charge is 0.369 e. The highest BCUT2D eigenvalue weighted by Crippen LogP contribution is 2.19. The van der Waals surface area contributed by atoms with E-state index in [0.29, 0.717) is 5.95 Å². The van der Waals surface area contributed by atoms with Gasteiger partial charge in [0.05, 0.1) is 6.54 Å². The Morgan fingerprint density at radius 1 is 0.800 bits per heavy atom. The molecule has 1 aliphatic rings. The predicted octanol–water partition coefficient (Wildman–Crippen LogP) is 3.41. The summed E-state index contributed by atoms with van der Waals surface area (Å²) in [5.74, 6) is 0.697. The monoisotopic (exact) mass is 398 g/mol. The van der Waals surface area contributed by atoms with Crippen LogP contribution in [0, 0.1) is 0 Å². The van der Waals surface area contributed by atoms with Gasteiger partial charge in [0, 0.05) is 38.4 Å². The molecule has 0 bridgehead atoms. The van der Waals surface area contributed by atoms with E-state index in [1.54, 1.807) is 0 Å². The summed E-state index contributed by atoms with van der Waals surface area (Å²) in [6.45, 7) is 6.03. The van der Waals surface area contributed by atoms with Gasteiger partial charge in [0.2, 0.25) is 0 Å². The van der Waals surface area contributed by atoms with E-state index in [9.17, 15) is 0 Å². The van der Waals surface area contributed by atoms with Gasteiger partial charge in [-0.25, -0.2) is 9.55 Å². The lowest BCUT2D eigenvalue weighted by molar-refractivity contribution is -0.647. The minimum atomic E-state index is 0.697. The number of nitrogens with zero attached hydrogens (tertiary/aromatic N) is 3. The third kappa shape index (κ3) is 3.89. The first kappa shape index (κ1) is 18.7. The molecule has 5 heteroatoms. The Kier molecular flexibility index (Phi) is 5.11. The van der Waals surface area contributed by atoms with Crippen LogP contribution in [0.1, 0.15) is 11.1 Å². The van der Waals surface area contributed by atoms with Crippen molar-refractivity contribution in [3.8, 4) is 0 Å². The number of aromatic amines is 1. The number of benzene rings is 3. The number of nitrogens with one attached hydrogen (secondary N) is 1. The maximum atomic E-state index is 6.30. The molecular formula is C25H28N5+. The molecule has 1 saturated heterocycles. The SMILES string of the molecule is Nc1[nH]c2cc(CN3CCN(c4ccccc4)CC3)ccc2[n+]1Cc1ccccc1. The first-order valence-electron chi connectivity index (χ1n) is 10.6. The summed E-state index contributed by atoms with van der Waals surface area (Å²) >= 11 is 0. The number of para-hydroxylation sites is 1. The number of hydrogen-bond acceptors (Lipinski definition) is 3. The van der Waals surface area contributed by atoms with E-state index >= 15 is 0 Å². The topological polar surface area (TPSA) is 52.2 Å². The molecule has 1 fully saturated rings. The van der Waals surface area contributed by atoms with Crippen molar-refractivity contribution in [2.24, 2.45) is 0 Å². The molecule has 0 amide bonds. The van der Waals surface area contributed by atoms with Crippen molar-refractivity contribution in [1.82, 2.24) is 9.88 Å². The second-order valence-electron chi connectivity index (χ2n) is 8.03. The second-order valence-corrected chi connectivity index (χ2v) is 8.03. The van der Waals surface area contributed by atoms with Crippen molar-refractivity contribution in [3.05, 3.63) is 90.0 Å². The van der Waals surface area contributed by atoms with Gasteiger partial charge in [-0.05, 0) is 35.4 Å². The number of fused-ring (bicyclic) bond motifs is 1. The number of H-pyrrole nitrogens is 1. The molecule has 0 atom stereocenters. The maximum absolute atomic E-state index is 6.30. The normalized spacial score (nSPS) is 15.0. The highest BCUT2D eigenvalue weighted by atomic mass is 15.3. The molecule has 0 saturated carbocycles. The zero-order chi connectivity index (χ0) is 20.3. The van der Waals surface area contributed by atoms with E-state index in [1.165, 1.54) is 16.8 Å². The number of aromatic nitrogens is 2. The standard InChI is InChI=1S/C25H27N5/c26-25-27-23-17-21(11-12-24(23)30(25)19-20-7-3-1-4-8-20)18-28-13-15-29(16-14-28)22-9-5-2-6-10-22/h1-12,17H,13-16,18-19H2,(H2,26,27)/p+1. The molecule has 0 unspecified atom stereocenters. The van der Waals surface area contributed by atoms with Crippen LogP contribution in [-0.4, -0.2) is 36.1 Å². The Balaban J connectivity index is 1.27. The molecule has 3 N–H and O–H groups in total. The van der Waals surface area contributed by atoms with Crippen molar-refractivity contribution >= 4 is 22.7 Å². The van der Waals surface area contributed by atoms with Gasteiger partial charge in [-0.3, -0.25) is 10.6 Å². The van der Waals surface area contributed by atoms with Crippen molar-refractivity contribution in [2.75, 3.05) is 36.8 Å². The molecule has 30 heavy (non-hydrogen) atoms. The fraction of sp³-hybridized carbons (Fsp3) is 0.240. The molecule has 5 nitrogen and oxygen atoms in total. The number of piperazine rings is 1. The van der Waals surface area contributed by atoms with E-state index in [4.69, 9.17) is 5.73 Å². The third-order valence-corrected chi connectivity index (χ3v) is 5.99. The molecule has 2 heterocycles. The second kappa shape index (κ2) is 8.20. The van der Waals surface area contributed by atoms with Crippen LogP contribution in [0.15, 0.2) is 78.9 Å². The van der Waals surface area contributed by atoms with E-state index in [0.717, 1.165) is 50.3 Å². The molecule has 3 aromatic carbocycles. The Hall–Kier alpha value is -3.31. The average Bonchev–Trinajstić information content (AvgIpc) is 3.10. The summed E-state index contributed by atoms with van der Waals surface area (Å²) < 4.78 is 2.15. The third-order valence-electron chi connectivity index (χ3n) is 5.99. The highest BCUT2D eigenvalue weighted by molar-refractivity contribution is 5.73. The summed E-state index contributed by atoms with van der Waals surface area (Å²) in [5.41, 5.74) is 12.4. The summed E-state index contributed by atoms with van der Waals surface area (Å²) in [6.07, 6.45) is 0. The minimum absolute atomic E-state index is 0.697. The van der Waals surface area contributed by atoms with Crippen LogP contribution in [0.3, 0.4) is 0 Å². The van der Waals surface area contributed by atoms with Crippen LogP contribution in [-0.2, 0) is 13.1 Å². The lowest BCUT2D eigenvalue weighted by Crippen LogP contribution is -2.45. The molecule has 1 aliphatic heterocycles. The van der Waals surface area contributed by atoms with Crippen LogP contribution in [0.4, 0.5) is 11.6 Å². The summed E-state index contributed by atoms with van der Waals surface area (Å²) in [6, 6.07) is 27.8. The number of nitrogens with two attached hydrogens (primary N) is 1. The molecule has 0 aliphatic carbocycles. The zero-order valence-corrected chi connectivity index (χ0v) is 17.2. The lowest BCUT2D eigenvalue weighted by atomic mass is 10.1.